The van der Waals surface area contributed by atoms with Crippen molar-refractivity contribution in [2.45, 2.75) is 39.7 Å². The molecular formula is C24H32N2O3S. The van der Waals surface area contributed by atoms with Gasteiger partial charge >= 0.3 is 5.97 Å². The fraction of sp³-hybridized carbons (Fsp3) is 0.500. The number of hydrogen-bond donors (Lipinski definition) is 0. The summed E-state index contributed by atoms with van der Waals surface area (Å²) in [4.78, 5) is 31.7. The molecule has 0 saturated carbocycles. The fourth-order valence-electron chi connectivity index (χ4n) is 3.85. The van der Waals surface area contributed by atoms with Gasteiger partial charge in [-0.3, -0.25) is 14.5 Å². The van der Waals surface area contributed by atoms with E-state index in [0.717, 1.165) is 19.5 Å². The van der Waals surface area contributed by atoms with Crippen molar-refractivity contribution in [3.63, 3.8) is 0 Å². The number of rotatable bonds is 9. The van der Waals surface area contributed by atoms with Crippen LogP contribution in [0.1, 0.15) is 35.1 Å². The zero-order valence-corrected chi connectivity index (χ0v) is 18.8. The van der Waals surface area contributed by atoms with Crippen LogP contribution in [0.2, 0.25) is 0 Å². The van der Waals surface area contributed by atoms with Crippen molar-refractivity contribution >= 4 is 23.2 Å². The monoisotopic (exact) mass is 428 g/mol. The second-order valence-electron chi connectivity index (χ2n) is 7.87. The molecule has 0 spiro atoms. The van der Waals surface area contributed by atoms with Gasteiger partial charge in [-0.2, -0.15) is 0 Å². The third kappa shape index (κ3) is 6.67. The molecule has 1 amide bonds. The maximum atomic E-state index is 13.0. The van der Waals surface area contributed by atoms with E-state index in [4.69, 9.17) is 4.74 Å². The van der Waals surface area contributed by atoms with Gasteiger partial charge in [-0.05, 0) is 50.8 Å². The summed E-state index contributed by atoms with van der Waals surface area (Å²) in [5.41, 5.74) is 1.28. The van der Waals surface area contributed by atoms with Crippen molar-refractivity contribution in [1.82, 2.24) is 9.80 Å². The molecule has 0 atom stereocenters. The zero-order chi connectivity index (χ0) is 21.3. The van der Waals surface area contributed by atoms with E-state index >= 15 is 0 Å². The fourth-order valence-corrected chi connectivity index (χ4v) is 4.79. The van der Waals surface area contributed by atoms with Crippen molar-refractivity contribution in [1.29, 1.82) is 0 Å². The quantitative estimate of drug-likeness (QED) is 0.569. The van der Waals surface area contributed by atoms with Gasteiger partial charge in [0.25, 0.3) is 0 Å². The average Bonchev–Trinajstić information content (AvgIpc) is 3.17. The second-order valence-corrected chi connectivity index (χ2v) is 9.24. The lowest BCUT2D eigenvalue weighted by atomic mass is 9.97. The van der Waals surface area contributed by atoms with Gasteiger partial charge in [0.1, 0.15) is 0 Å². The molecule has 1 aromatic heterocycles. The maximum Gasteiger partial charge on any atom is 0.309 e. The number of benzene rings is 1. The molecule has 0 unspecified atom stereocenters. The van der Waals surface area contributed by atoms with E-state index in [-0.39, 0.29) is 17.8 Å². The third-order valence-corrected chi connectivity index (χ3v) is 6.55. The number of carbonyl (C=O) groups is 2. The van der Waals surface area contributed by atoms with Gasteiger partial charge in [-0.15, -0.1) is 11.3 Å². The first-order valence-corrected chi connectivity index (χ1v) is 11.6. The van der Waals surface area contributed by atoms with Crippen LogP contribution in [0.5, 0.6) is 0 Å². The summed E-state index contributed by atoms with van der Waals surface area (Å²) < 4.78 is 5.13. The molecule has 0 radical (unpaired) electrons. The van der Waals surface area contributed by atoms with Crippen LogP contribution < -0.4 is 0 Å². The number of nitrogens with zero attached hydrogens (tertiary/aromatic N) is 2. The highest BCUT2D eigenvalue weighted by molar-refractivity contribution is 7.11. The zero-order valence-electron chi connectivity index (χ0n) is 18.0. The maximum absolute atomic E-state index is 13.0. The molecule has 3 rings (SSSR count). The largest absolute Gasteiger partial charge is 0.466 e. The molecule has 2 heterocycles. The molecule has 1 aliphatic heterocycles. The minimum absolute atomic E-state index is 0.0720. The number of esters is 1. The lowest BCUT2D eigenvalue weighted by molar-refractivity contribution is -0.151. The molecular weight excluding hydrogens is 396 g/mol. The highest BCUT2D eigenvalue weighted by atomic mass is 32.1. The SMILES string of the molecule is CCOC(=O)C1CCN(C(=O)CN(CCc2ccccc2)Cc2ccc(C)s2)CC1. The Kier molecular flexibility index (Phi) is 8.46. The molecule has 1 aromatic carbocycles. The summed E-state index contributed by atoms with van der Waals surface area (Å²) in [6.45, 7) is 7.66. The van der Waals surface area contributed by atoms with Gasteiger partial charge in [0, 0.05) is 35.9 Å². The van der Waals surface area contributed by atoms with Crippen LogP contribution in [0.4, 0.5) is 0 Å². The van der Waals surface area contributed by atoms with Crippen LogP contribution in [0.25, 0.3) is 0 Å². The van der Waals surface area contributed by atoms with Crippen molar-refractivity contribution < 1.29 is 14.3 Å². The molecule has 6 heteroatoms. The Morgan fingerprint density at radius 2 is 1.87 bits per heavy atom. The second kappa shape index (κ2) is 11.3. The summed E-state index contributed by atoms with van der Waals surface area (Å²) >= 11 is 1.79. The molecule has 0 bridgehead atoms. The van der Waals surface area contributed by atoms with Gasteiger partial charge in [-0.25, -0.2) is 0 Å². The number of amides is 1. The molecule has 0 N–H and O–H groups in total. The number of piperidine rings is 1. The molecule has 1 fully saturated rings. The first kappa shape index (κ1) is 22.5. The van der Waals surface area contributed by atoms with E-state index in [1.54, 1.807) is 11.3 Å². The van der Waals surface area contributed by atoms with Gasteiger partial charge < -0.3 is 9.64 Å². The van der Waals surface area contributed by atoms with Crippen LogP contribution in [0.15, 0.2) is 42.5 Å². The first-order chi connectivity index (χ1) is 14.5. The van der Waals surface area contributed by atoms with Gasteiger partial charge in [0.2, 0.25) is 5.91 Å². The predicted octanol–water partition coefficient (Wildman–Crippen LogP) is 3.90. The van der Waals surface area contributed by atoms with Gasteiger partial charge in [0.15, 0.2) is 0 Å². The topological polar surface area (TPSA) is 49.9 Å². The highest BCUT2D eigenvalue weighted by Crippen LogP contribution is 2.20. The molecule has 1 saturated heterocycles. The molecule has 30 heavy (non-hydrogen) atoms. The molecule has 162 valence electrons. The highest BCUT2D eigenvalue weighted by Gasteiger charge is 2.28. The predicted molar refractivity (Wildman–Crippen MR) is 120 cm³/mol. The van der Waals surface area contributed by atoms with Crippen molar-refractivity contribution in [2.24, 2.45) is 5.92 Å². The van der Waals surface area contributed by atoms with Gasteiger partial charge in [-0.1, -0.05) is 30.3 Å². The van der Waals surface area contributed by atoms with Crippen LogP contribution in [-0.4, -0.2) is 54.5 Å². The van der Waals surface area contributed by atoms with E-state index in [1.807, 2.05) is 17.9 Å². The summed E-state index contributed by atoms with van der Waals surface area (Å²) in [5.74, 6) is -0.0434. The van der Waals surface area contributed by atoms with E-state index in [1.165, 1.54) is 15.3 Å². The molecule has 5 nitrogen and oxygen atoms in total. The van der Waals surface area contributed by atoms with Crippen molar-refractivity contribution in [3.05, 3.63) is 57.8 Å². The Morgan fingerprint density at radius 1 is 1.13 bits per heavy atom. The van der Waals surface area contributed by atoms with Crippen molar-refractivity contribution in [3.8, 4) is 0 Å². The lowest BCUT2D eigenvalue weighted by Gasteiger charge is -2.32. The molecule has 1 aliphatic rings. The van der Waals surface area contributed by atoms with E-state index in [0.29, 0.717) is 39.1 Å². The lowest BCUT2D eigenvalue weighted by Crippen LogP contribution is -2.45. The summed E-state index contributed by atoms with van der Waals surface area (Å²) in [6.07, 6.45) is 2.31. The normalized spacial score (nSPS) is 14.8. The first-order valence-electron chi connectivity index (χ1n) is 10.8. The Morgan fingerprint density at radius 3 is 2.50 bits per heavy atom. The Balaban J connectivity index is 1.56. The molecule has 0 aliphatic carbocycles. The van der Waals surface area contributed by atoms with Crippen LogP contribution >= 0.6 is 11.3 Å². The molecule has 2 aromatic rings. The minimum Gasteiger partial charge on any atom is -0.466 e. The summed E-state index contributed by atoms with van der Waals surface area (Å²) in [7, 11) is 0. The average molecular weight is 429 g/mol. The smallest absolute Gasteiger partial charge is 0.309 e. The third-order valence-electron chi connectivity index (χ3n) is 5.56. The Hall–Kier alpha value is -2.18. The Bertz CT molecular complexity index is 813. The van der Waals surface area contributed by atoms with E-state index in [2.05, 4.69) is 48.2 Å². The van der Waals surface area contributed by atoms with Crippen molar-refractivity contribution in [2.75, 3.05) is 32.8 Å². The standard InChI is InChI=1S/C24H32N2O3S/c1-3-29-24(28)21-12-15-26(16-13-21)23(27)18-25(17-22-10-9-19(2)30-22)14-11-20-7-5-4-6-8-20/h4-10,21H,3,11-18H2,1-2H3. The number of thiophene rings is 1. The van der Waals surface area contributed by atoms with Gasteiger partial charge in [0.05, 0.1) is 19.1 Å². The number of likely N-dealkylation sites (tertiary alicyclic amines) is 1. The minimum atomic E-state index is -0.123. The Labute approximate surface area is 183 Å². The summed E-state index contributed by atoms with van der Waals surface area (Å²) in [6, 6.07) is 14.7. The number of ether oxygens (including phenoxy) is 1. The number of aryl methyl sites for hydroxylation is 1. The van der Waals surface area contributed by atoms with Crippen LogP contribution in [-0.2, 0) is 27.3 Å². The number of hydrogen-bond acceptors (Lipinski definition) is 5. The van der Waals surface area contributed by atoms with E-state index in [9.17, 15) is 9.59 Å². The summed E-state index contributed by atoms with van der Waals surface area (Å²) in [5, 5.41) is 0. The van der Waals surface area contributed by atoms with E-state index < -0.39 is 0 Å². The van der Waals surface area contributed by atoms with Crippen LogP contribution in [0.3, 0.4) is 0 Å². The number of carbonyl (C=O) groups excluding carboxylic acids is 2. The van der Waals surface area contributed by atoms with Crippen LogP contribution in [0, 0.1) is 12.8 Å².